The molecule has 0 fully saturated rings. The number of aromatic nitrogens is 3. The van der Waals surface area contributed by atoms with E-state index >= 15 is 0 Å². The van der Waals surface area contributed by atoms with Gasteiger partial charge in [-0.15, -0.1) is 0 Å². The first-order valence-electron chi connectivity index (χ1n) is 11.9. The Morgan fingerprint density at radius 2 is 1.46 bits per heavy atom. The van der Waals surface area contributed by atoms with Gasteiger partial charge in [0.2, 0.25) is 0 Å². The molecule has 5 heteroatoms. The van der Waals surface area contributed by atoms with Crippen LogP contribution in [0.1, 0.15) is 51.7 Å². The van der Waals surface area contributed by atoms with Crippen molar-refractivity contribution in [3.63, 3.8) is 0 Å². The van der Waals surface area contributed by atoms with E-state index in [0.29, 0.717) is 17.1 Å². The lowest BCUT2D eigenvalue weighted by Gasteiger charge is -2.22. The van der Waals surface area contributed by atoms with Gasteiger partial charge in [-0.3, -0.25) is 9.36 Å². The van der Waals surface area contributed by atoms with Gasteiger partial charge >= 0.3 is 5.69 Å². The highest BCUT2D eigenvalue weighted by atomic mass is 16.2. The Morgan fingerprint density at radius 3 is 2.14 bits per heavy atom. The van der Waals surface area contributed by atoms with Crippen molar-refractivity contribution in [1.82, 2.24) is 14.1 Å². The molecule has 0 bridgehead atoms. The van der Waals surface area contributed by atoms with Crippen LogP contribution in [0.3, 0.4) is 0 Å². The van der Waals surface area contributed by atoms with Crippen molar-refractivity contribution in [2.75, 3.05) is 0 Å². The van der Waals surface area contributed by atoms with Crippen LogP contribution in [0, 0.1) is 0 Å². The monoisotopic (exact) mass is 463 g/mol. The predicted molar refractivity (Wildman–Crippen MR) is 142 cm³/mol. The highest BCUT2D eigenvalue weighted by Crippen LogP contribution is 2.30. The molecule has 3 aromatic rings. The summed E-state index contributed by atoms with van der Waals surface area (Å²) in [5.74, 6) is 0.511. The third-order valence-corrected chi connectivity index (χ3v) is 6.55. The lowest BCUT2D eigenvalue weighted by Crippen LogP contribution is -2.37. The van der Waals surface area contributed by atoms with Crippen LogP contribution in [-0.4, -0.2) is 14.1 Å². The summed E-state index contributed by atoms with van der Waals surface area (Å²) in [5, 5.41) is 0.904. The molecule has 2 aliphatic rings. The van der Waals surface area contributed by atoms with Crippen LogP contribution in [-0.2, 0) is 5.41 Å². The van der Waals surface area contributed by atoms with Gasteiger partial charge < -0.3 is 0 Å². The zero-order valence-electron chi connectivity index (χ0n) is 20.7. The standard InChI is InChI=1S/C30H29N3O2/c1-19(2)23-11-7-9-13-26(23)33-28(34)24-18-20-10-6-8-12-25(20)32(27(24)31-29(33)35)22-16-14-21(15-17-22)30(3,4)5/h6-19H,1-5H3. The Kier molecular flexibility index (Phi) is 5.43. The second-order valence-corrected chi connectivity index (χ2v) is 10.3. The number of hydrogen-bond donors (Lipinski definition) is 0. The maximum absolute atomic E-state index is 13.8. The Labute approximate surface area is 204 Å². The van der Waals surface area contributed by atoms with Crippen molar-refractivity contribution in [3.05, 3.63) is 111 Å². The van der Waals surface area contributed by atoms with Crippen LogP contribution >= 0.6 is 0 Å². The summed E-state index contributed by atoms with van der Waals surface area (Å²) in [6.45, 7) is 10.6. The minimum atomic E-state index is -0.578. The van der Waals surface area contributed by atoms with E-state index in [4.69, 9.17) is 0 Å². The molecular weight excluding hydrogens is 434 g/mol. The van der Waals surface area contributed by atoms with Crippen LogP contribution in [0.5, 0.6) is 0 Å². The Balaban J connectivity index is 1.86. The third kappa shape index (κ3) is 3.87. The van der Waals surface area contributed by atoms with Crippen molar-refractivity contribution in [1.29, 1.82) is 0 Å². The van der Waals surface area contributed by atoms with Crippen LogP contribution in [0.2, 0.25) is 0 Å². The van der Waals surface area contributed by atoms with Gasteiger partial charge in [-0.25, -0.2) is 9.36 Å². The zero-order chi connectivity index (χ0) is 24.9. The first-order valence-corrected chi connectivity index (χ1v) is 11.9. The molecule has 0 atom stereocenters. The van der Waals surface area contributed by atoms with E-state index < -0.39 is 5.69 Å². The van der Waals surface area contributed by atoms with E-state index in [9.17, 15) is 9.59 Å². The first kappa shape index (κ1) is 22.8. The minimum absolute atomic E-state index is 0.0159. The SMILES string of the molecule is CC(C)c1ccccc1-n1c(=O)nc2n(-c3ccc(C(C)(C)C)cc3)c3ccccc3cc-2c1=O. The fourth-order valence-electron chi connectivity index (χ4n) is 4.65. The molecule has 176 valence electrons. The molecule has 0 radical (unpaired) electrons. The summed E-state index contributed by atoms with van der Waals surface area (Å²) in [7, 11) is 0. The fourth-order valence-corrected chi connectivity index (χ4v) is 4.65. The Morgan fingerprint density at radius 1 is 0.800 bits per heavy atom. The number of nitrogens with zero attached hydrogens (tertiary/aromatic N) is 3. The van der Waals surface area contributed by atoms with Gasteiger partial charge in [0.25, 0.3) is 5.56 Å². The van der Waals surface area contributed by atoms with Crippen molar-refractivity contribution in [2.45, 2.75) is 46.0 Å². The smallest absolute Gasteiger partial charge is 0.294 e. The van der Waals surface area contributed by atoms with Crippen LogP contribution in [0.25, 0.3) is 33.7 Å². The van der Waals surface area contributed by atoms with E-state index in [0.717, 1.165) is 22.2 Å². The summed E-state index contributed by atoms with van der Waals surface area (Å²) in [4.78, 5) is 31.7. The molecular formula is C30H29N3O2. The maximum Gasteiger partial charge on any atom is 0.357 e. The van der Waals surface area contributed by atoms with E-state index in [-0.39, 0.29) is 16.9 Å². The quantitative estimate of drug-likeness (QED) is 0.306. The Bertz CT molecular complexity index is 1630. The van der Waals surface area contributed by atoms with E-state index in [1.807, 2.05) is 85.1 Å². The normalized spacial score (nSPS) is 12.1. The largest absolute Gasteiger partial charge is 0.357 e. The maximum atomic E-state index is 13.8. The summed E-state index contributed by atoms with van der Waals surface area (Å²) in [6.07, 6.45) is 0. The van der Waals surface area contributed by atoms with Gasteiger partial charge in [-0.1, -0.05) is 83.1 Å². The molecule has 5 nitrogen and oxygen atoms in total. The van der Waals surface area contributed by atoms with Crippen molar-refractivity contribution >= 4 is 10.9 Å². The van der Waals surface area contributed by atoms with E-state index in [2.05, 4.69) is 37.9 Å². The van der Waals surface area contributed by atoms with E-state index in [1.54, 1.807) is 0 Å². The van der Waals surface area contributed by atoms with Crippen molar-refractivity contribution in [2.24, 2.45) is 0 Å². The lowest BCUT2D eigenvalue weighted by atomic mass is 9.87. The number of pyridine rings is 1. The summed E-state index contributed by atoms with van der Waals surface area (Å²) >= 11 is 0. The van der Waals surface area contributed by atoms with Gasteiger partial charge in [-0.2, -0.15) is 4.98 Å². The predicted octanol–water partition coefficient (Wildman–Crippen LogP) is 6.06. The molecule has 3 aromatic carbocycles. The van der Waals surface area contributed by atoms with Gasteiger partial charge in [-0.05, 0) is 58.2 Å². The summed E-state index contributed by atoms with van der Waals surface area (Å²) < 4.78 is 3.12. The second kappa shape index (κ2) is 8.35. The van der Waals surface area contributed by atoms with Gasteiger partial charge in [0.1, 0.15) is 0 Å². The average molecular weight is 464 g/mol. The van der Waals surface area contributed by atoms with Crippen LogP contribution in [0.4, 0.5) is 0 Å². The average Bonchev–Trinajstić information content (AvgIpc) is 2.83. The molecule has 5 rings (SSSR count). The molecule has 0 aromatic heterocycles. The molecule has 35 heavy (non-hydrogen) atoms. The molecule has 0 spiro atoms. The Hall–Kier alpha value is -3.99. The highest BCUT2D eigenvalue weighted by molar-refractivity contribution is 5.87. The molecule has 2 aliphatic heterocycles. The summed E-state index contributed by atoms with van der Waals surface area (Å²) in [6, 6.07) is 25.5. The zero-order valence-corrected chi connectivity index (χ0v) is 20.7. The molecule has 0 saturated carbocycles. The number of para-hydroxylation sites is 2. The van der Waals surface area contributed by atoms with Crippen LogP contribution in [0.15, 0.2) is 88.5 Å². The van der Waals surface area contributed by atoms with Gasteiger partial charge in [0.15, 0.2) is 5.82 Å². The second-order valence-electron chi connectivity index (χ2n) is 10.3. The van der Waals surface area contributed by atoms with E-state index in [1.165, 1.54) is 10.1 Å². The molecule has 0 aliphatic carbocycles. The third-order valence-electron chi connectivity index (χ3n) is 6.55. The number of fused-ring (bicyclic) bond motifs is 2. The molecule has 0 N–H and O–H groups in total. The van der Waals surface area contributed by atoms with Crippen LogP contribution < -0.4 is 11.2 Å². The van der Waals surface area contributed by atoms with Crippen molar-refractivity contribution in [3.8, 4) is 22.8 Å². The van der Waals surface area contributed by atoms with Gasteiger partial charge in [0.05, 0.1) is 16.8 Å². The molecule has 2 heterocycles. The fraction of sp³-hybridized carbons (Fsp3) is 0.233. The molecule has 0 unspecified atom stereocenters. The number of rotatable bonds is 3. The highest BCUT2D eigenvalue weighted by Gasteiger charge is 2.23. The number of benzene rings is 3. The van der Waals surface area contributed by atoms with Gasteiger partial charge in [0, 0.05) is 5.69 Å². The minimum Gasteiger partial charge on any atom is -0.294 e. The topological polar surface area (TPSA) is 56.9 Å². The summed E-state index contributed by atoms with van der Waals surface area (Å²) in [5.41, 5.74) is 3.94. The lowest BCUT2D eigenvalue weighted by molar-refractivity contribution is 0.590. The number of hydrogen-bond acceptors (Lipinski definition) is 3. The first-order chi connectivity index (χ1) is 16.7. The molecule has 0 saturated heterocycles. The van der Waals surface area contributed by atoms with Crippen molar-refractivity contribution < 1.29 is 0 Å². The molecule has 0 amide bonds.